The number of anilines is 1. The summed E-state index contributed by atoms with van der Waals surface area (Å²) in [6, 6.07) is 16.1. The SMILES string of the molecule is COC(=O)CC(CC(=O)/C=C/c1c(-c2ccc(F)cc2)c(-c2ccc(F)cc2)c(C(=O)Nc2ccc(S(N)(=O)=O)cc2)n1C(C)C)O[Si](C)(C)C(C)(C)C. The highest BCUT2D eigenvalue weighted by molar-refractivity contribution is 7.89. The molecule has 54 heavy (non-hydrogen) atoms. The van der Waals surface area contributed by atoms with Crippen molar-refractivity contribution < 1.29 is 40.7 Å². The summed E-state index contributed by atoms with van der Waals surface area (Å²) in [5.74, 6) is -2.45. The minimum absolute atomic E-state index is 0.122. The van der Waals surface area contributed by atoms with E-state index in [1.807, 2.05) is 26.9 Å². The number of primary sulfonamides is 1. The second-order valence-corrected chi connectivity index (χ2v) is 21.1. The van der Waals surface area contributed by atoms with E-state index in [1.54, 1.807) is 22.8 Å². The van der Waals surface area contributed by atoms with Crippen molar-refractivity contribution in [2.24, 2.45) is 5.14 Å². The smallest absolute Gasteiger partial charge is 0.308 e. The molecule has 0 saturated heterocycles. The highest BCUT2D eigenvalue weighted by Crippen LogP contribution is 2.43. The molecule has 0 aliphatic heterocycles. The number of nitrogens with two attached hydrogens (primary N) is 1. The standard InChI is InChI=1S/C40H47F2N3O7SSi/c1-25(2)45-34(22-19-31(46)23-32(24-35(47)51-6)52-54(7,8)40(3,4)5)36(26-9-13-28(41)14-10-26)37(27-11-15-29(42)16-12-27)38(45)39(48)44-30-17-20-33(21-18-30)53(43,49)50/h9-22,25,32H,23-24H2,1-8H3,(H,44,48)(H2,43,49,50)/b22-19+. The third kappa shape index (κ3) is 10.1. The van der Waals surface area contributed by atoms with Crippen molar-refractivity contribution in [1.82, 2.24) is 4.57 Å². The summed E-state index contributed by atoms with van der Waals surface area (Å²) in [5.41, 5.74) is 2.66. The molecule has 3 N–H and O–H groups in total. The number of nitrogens with one attached hydrogen (secondary N) is 1. The van der Waals surface area contributed by atoms with Gasteiger partial charge in [-0.05, 0) is 104 Å². The van der Waals surface area contributed by atoms with Gasteiger partial charge in [0, 0.05) is 29.3 Å². The van der Waals surface area contributed by atoms with Crippen LogP contribution in [0.15, 0.2) is 83.8 Å². The van der Waals surface area contributed by atoms with Gasteiger partial charge in [0.25, 0.3) is 5.91 Å². The zero-order valence-electron chi connectivity index (χ0n) is 31.7. The fourth-order valence-electron chi connectivity index (χ4n) is 5.74. The summed E-state index contributed by atoms with van der Waals surface area (Å²) in [5, 5.41) is 7.89. The first-order chi connectivity index (χ1) is 25.1. The maximum absolute atomic E-state index is 14.4. The quantitative estimate of drug-likeness (QED) is 0.0741. The molecule has 14 heteroatoms. The van der Waals surface area contributed by atoms with Crippen molar-refractivity contribution in [3.05, 3.63) is 102 Å². The molecule has 1 amide bonds. The van der Waals surface area contributed by atoms with Crippen LogP contribution in [-0.2, 0) is 28.8 Å². The van der Waals surface area contributed by atoms with Gasteiger partial charge in [-0.25, -0.2) is 22.3 Å². The Hall–Kier alpha value is -4.76. The molecule has 1 heterocycles. The molecule has 0 fully saturated rings. The van der Waals surface area contributed by atoms with Crippen molar-refractivity contribution in [3.63, 3.8) is 0 Å². The lowest BCUT2D eigenvalue weighted by Gasteiger charge is -2.39. The number of rotatable bonds is 14. The van der Waals surface area contributed by atoms with Crippen molar-refractivity contribution in [2.45, 2.75) is 82.6 Å². The van der Waals surface area contributed by atoms with Crippen LogP contribution in [0, 0.1) is 11.6 Å². The fraction of sp³-hybridized carbons (Fsp3) is 0.325. The average molecular weight is 780 g/mol. The first kappa shape index (κ1) is 42.0. The zero-order chi connectivity index (χ0) is 40.2. The molecule has 0 bridgehead atoms. The van der Waals surface area contributed by atoms with Crippen LogP contribution in [0.3, 0.4) is 0 Å². The third-order valence-corrected chi connectivity index (χ3v) is 14.9. The van der Waals surface area contributed by atoms with E-state index >= 15 is 0 Å². The van der Waals surface area contributed by atoms with Crippen molar-refractivity contribution in [2.75, 3.05) is 12.4 Å². The van der Waals surface area contributed by atoms with E-state index in [0.29, 0.717) is 27.9 Å². The monoisotopic (exact) mass is 779 g/mol. The van der Waals surface area contributed by atoms with Crippen LogP contribution in [0.4, 0.5) is 14.5 Å². The van der Waals surface area contributed by atoms with Gasteiger partial charge in [-0.1, -0.05) is 45.0 Å². The van der Waals surface area contributed by atoms with Gasteiger partial charge in [0.1, 0.15) is 17.3 Å². The van der Waals surface area contributed by atoms with Crippen LogP contribution in [0.5, 0.6) is 0 Å². The van der Waals surface area contributed by atoms with E-state index in [1.165, 1.54) is 73.8 Å². The maximum atomic E-state index is 14.4. The Bertz CT molecular complexity index is 2140. The number of benzene rings is 3. The van der Waals surface area contributed by atoms with E-state index in [2.05, 4.69) is 26.1 Å². The van der Waals surface area contributed by atoms with Gasteiger partial charge in [0.2, 0.25) is 10.0 Å². The van der Waals surface area contributed by atoms with Crippen LogP contribution in [0.2, 0.25) is 18.1 Å². The van der Waals surface area contributed by atoms with Crippen molar-refractivity contribution in [1.29, 1.82) is 0 Å². The van der Waals surface area contributed by atoms with E-state index < -0.39 is 54.0 Å². The first-order valence-electron chi connectivity index (χ1n) is 17.3. The van der Waals surface area contributed by atoms with Gasteiger partial charge >= 0.3 is 5.97 Å². The lowest BCUT2D eigenvalue weighted by atomic mass is 9.94. The molecule has 1 aromatic heterocycles. The maximum Gasteiger partial charge on any atom is 0.308 e. The summed E-state index contributed by atoms with van der Waals surface area (Å²) in [6.07, 6.45) is 1.94. The fourth-order valence-corrected chi connectivity index (χ4v) is 7.61. The minimum atomic E-state index is -3.98. The van der Waals surface area contributed by atoms with E-state index in [9.17, 15) is 31.6 Å². The number of amides is 1. The minimum Gasteiger partial charge on any atom is -0.469 e. The molecule has 1 atom stereocenters. The van der Waals surface area contributed by atoms with Gasteiger partial charge in [-0.2, -0.15) is 0 Å². The van der Waals surface area contributed by atoms with Crippen LogP contribution in [-0.4, -0.2) is 52.2 Å². The first-order valence-corrected chi connectivity index (χ1v) is 21.8. The number of sulfonamides is 1. The molecule has 10 nitrogen and oxygen atoms in total. The molecule has 1 unspecified atom stereocenters. The zero-order valence-corrected chi connectivity index (χ0v) is 33.5. The van der Waals surface area contributed by atoms with Crippen LogP contribution in [0.1, 0.15) is 69.7 Å². The number of ether oxygens (including phenoxy) is 1. The Balaban J connectivity index is 1.92. The number of methoxy groups -OCH3 is 1. The number of ketones is 1. The summed E-state index contributed by atoms with van der Waals surface area (Å²) in [7, 11) is -5.12. The number of carbonyl (C=O) groups excluding carboxylic acids is 3. The third-order valence-electron chi connectivity index (χ3n) is 9.43. The number of hydrogen-bond donors (Lipinski definition) is 2. The molecular formula is C40H47F2N3O7SSi. The molecular weight excluding hydrogens is 733 g/mol. The molecule has 0 saturated carbocycles. The Labute approximate surface area is 316 Å². The molecule has 0 spiro atoms. The molecule has 0 aliphatic rings. The topological polar surface area (TPSA) is 147 Å². The number of allylic oxidation sites excluding steroid dienone is 1. The van der Waals surface area contributed by atoms with Gasteiger partial charge < -0.3 is 19.0 Å². The number of esters is 1. The summed E-state index contributed by atoms with van der Waals surface area (Å²) in [4.78, 5) is 40.4. The molecule has 4 rings (SSSR count). The summed E-state index contributed by atoms with van der Waals surface area (Å²) < 4.78 is 65.3. The highest BCUT2D eigenvalue weighted by Gasteiger charge is 2.40. The lowest BCUT2D eigenvalue weighted by Crippen LogP contribution is -2.44. The number of nitrogens with zero attached hydrogens (tertiary/aromatic N) is 1. The largest absolute Gasteiger partial charge is 0.469 e. The number of aromatic nitrogens is 1. The van der Waals surface area contributed by atoms with Crippen LogP contribution >= 0.6 is 0 Å². The predicted molar refractivity (Wildman–Crippen MR) is 209 cm³/mol. The second kappa shape index (κ2) is 16.7. The van der Waals surface area contributed by atoms with E-state index in [4.69, 9.17) is 14.3 Å². The van der Waals surface area contributed by atoms with Crippen LogP contribution < -0.4 is 10.5 Å². The average Bonchev–Trinajstić information content (AvgIpc) is 3.42. The van der Waals surface area contributed by atoms with Crippen molar-refractivity contribution >= 4 is 47.8 Å². The number of carbonyl (C=O) groups is 3. The van der Waals surface area contributed by atoms with Gasteiger partial charge in [-0.15, -0.1) is 0 Å². The second-order valence-electron chi connectivity index (χ2n) is 14.8. The van der Waals surface area contributed by atoms with E-state index in [0.717, 1.165) is 0 Å². The molecule has 0 radical (unpaired) electrons. The van der Waals surface area contributed by atoms with Gasteiger partial charge in [-0.3, -0.25) is 14.4 Å². The summed E-state index contributed by atoms with van der Waals surface area (Å²) >= 11 is 0. The van der Waals surface area contributed by atoms with Gasteiger partial charge in [0.05, 0.1) is 30.2 Å². The lowest BCUT2D eigenvalue weighted by molar-refractivity contribution is -0.142. The Morgan fingerprint density at radius 1 is 0.870 bits per heavy atom. The number of halogens is 2. The Morgan fingerprint density at radius 2 is 1.39 bits per heavy atom. The summed E-state index contributed by atoms with van der Waals surface area (Å²) in [6.45, 7) is 13.9. The molecule has 288 valence electrons. The number of hydrogen-bond acceptors (Lipinski definition) is 7. The van der Waals surface area contributed by atoms with Crippen molar-refractivity contribution in [3.8, 4) is 22.3 Å². The Morgan fingerprint density at radius 3 is 1.85 bits per heavy atom. The normalized spacial score (nSPS) is 13.0. The van der Waals surface area contributed by atoms with Crippen LogP contribution in [0.25, 0.3) is 28.3 Å². The Kier molecular flexibility index (Phi) is 13.0. The van der Waals surface area contributed by atoms with E-state index in [-0.39, 0.29) is 39.9 Å². The molecule has 4 aromatic rings. The van der Waals surface area contributed by atoms with Gasteiger partial charge in [0.15, 0.2) is 14.1 Å². The predicted octanol–water partition coefficient (Wildman–Crippen LogP) is 8.51. The molecule has 0 aliphatic carbocycles. The highest BCUT2D eigenvalue weighted by atomic mass is 32.2. The molecule has 3 aromatic carbocycles.